The lowest BCUT2D eigenvalue weighted by Gasteiger charge is -2.33. The predicted molar refractivity (Wildman–Crippen MR) is 313 cm³/mol. The Morgan fingerprint density at radius 2 is 0.919 bits per heavy atom. The van der Waals surface area contributed by atoms with Crippen molar-refractivity contribution in [2.45, 2.75) is 32.6 Å². The number of fused-ring (bicyclic) bond motifs is 8. The van der Waals surface area contributed by atoms with Crippen molar-refractivity contribution in [1.29, 1.82) is 0 Å². The Kier molecular flexibility index (Phi) is 10.5. The van der Waals surface area contributed by atoms with E-state index in [4.69, 9.17) is 0 Å². The second kappa shape index (κ2) is 17.9. The van der Waals surface area contributed by atoms with E-state index in [0.717, 1.165) is 41.3 Å². The number of nitrogens with zero attached hydrogens (tertiary/aromatic N) is 4. The van der Waals surface area contributed by atoms with Gasteiger partial charge >= 0.3 is 0 Å². The average molecular weight is 951 g/mol. The molecule has 4 heteroatoms. The van der Waals surface area contributed by atoms with E-state index in [-0.39, 0.29) is 0 Å². The van der Waals surface area contributed by atoms with Gasteiger partial charge in [0.15, 0.2) is 0 Å². The molecule has 14 rings (SSSR count). The summed E-state index contributed by atoms with van der Waals surface area (Å²) in [5.74, 6) is 0.778. The third-order valence-corrected chi connectivity index (χ3v) is 15.6. The van der Waals surface area contributed by atoms with Crippen LogP contribution in [0.5, 0.6) is 0 Å². The van der Waals surface area contributed by atoms with Crippen molar-refractivity contribution in [3.05, 3.63) is 271 Å². The van der Waals surface area contributed by atoms with Gasteiger partial charge in [0.2, 0.25) is 0 Å². The van der Waals surface area contributed by atoms with Crippen molar-refractivity contribution in [3.63, 3.8) is 0 Å². The highest BCUT2D eigenvalue weighted by Gasteiger charge is 2.33. The zero-order chi connectivity index (χ0) is 49.3. The van der Waals surface area contributed by atoms with Gasteiger partial charge in [-0.25, -0.2) is 0 Å². The number of anilines is 5. The highest BCUT2D eigenvalue weighted by Crippen LogP contribution is 2.48. The van der Waals surface area contributed by atoms with Crippen LogP contribution in [0.2, 0.25) is 0 Å². The maximum atomic E-state index is 2.58. The fraction of sp³-hybridized carbons (Fsp3) is 0.0857. The van der Waals surface area contributed by atoms with E-state index >= 15 is 0 Å². The molecular formula is C70H54N4. The third-order valence-electron chi connectivity index (χ3n) is 15.6. The Morgan fingerprint density at radius 3 is 1.57 bits per heavy atom. The summed E-state index contributed by atoms with van der Waals surface area (Å²) in [6, 6.07) is 86.7. The van der Waals surface area contributed by atoms with Crippen molar-refractivity contribution < 1.29 is 0 Å². The summed E-state index contributed by atoms with van der Waals surface area (Å²) in [6.45, 7) is 4.75. The number of hydrogen-bond acceptors (Lipinski definition) is 2. The van der Waals surface area contributed by atoms with E-state index in [1.54, 1.807) is 0 Å². The Balaban J connectivity index is 0.865. The first-order valence-corrected chi connectivity index (χ1v) is 26.1. The highest BCUT2D eigenvalue weighted by molar-refractivity contribution is 6.11. The number of allylic oxidation sites excluding steroid dienone is 2. The normalized spacial score (nSPS) is 15.1. The van der Waals surface area contributed by atoms with Crippen LogP contribution in [-0.2, 0) is 6.42 Å². The Morgan fingerprint density at radius 1 is 0.405 bits per heavy atom. The molecule has 2 aliphatic rings. The summed E-state index contributed by atoms with van der Waals surface area (Å²) in [6.07, 6.45) is 9.22. The first-order chi connectivity index (χ1) is 36.5. The molecule has 74 heavy (non-hydrogen) atoms. The molecule has 0 fully saturated rings. The Bertz CT molecular complexity index is 4150. The summed E-state index contributed by atoms with van der Waals surface area (Å²) >= 11 is 0. The van der Waals surface area contributed by atoms with Crippen molar-refractivity contribution in [2.75, 3.05) is 9.80 Å². The molecule has 0 saturated carbocycles. The van der Waals surface area contributed by atoms with Crippen molar-refractivity contribution >= 4 is 83.9 Å². The van der Waals surface area contributed by atoms with Crippen LogP contribution in [0.4, 0.5) is 28.4 Å². The van der Waals surface area contributed by atoms with Crippen molar-refractivity contribution in [2.24, 2.45) is 5.92 Å². The molecule has 2 aromatic heterocycles. The van der Waals surface area contributed by atoms with Crippen LogP contribution < -0.4 is 9.80 Å². The molecular weight excluding hydrogens is 897 g/mol. The molecule has 12 aromatic rings. The van der Waals surface area contributed by atoms with Crippen LogP contribution in [0.3, 0.4) is 0 Å². The van der Waals surface area contributed by atoms with E-state index in [0.29, 0.717) is 11.8 Å². The van der Waals surface area contributed by atoms with Crippen LogP contribution in [0.1, 0.15) is 48.7 Å². The molecule has 354 valence electrons. The quantitative estimate of drug-likeness (QED) is 0.143. The number of rotatable bonds is 9. The first kappa shape index (κ1) is 43.7. The van der Waals surface area contributed by atoms with Crippen molar-refractivity contribution in [3.8, 4) is 22.5 Å². The summed E-state index contributed by atoms with van der Waals surface area (Å²) in [5.41, 5.74) is 19.6. The largest absolute Gasteiger partial charge is 0.316 e. The maximum Gasteiger partial charge on any atom is 0.0542 e. The third kappa shape index (κ3) is 7.28. The Labute approximate surface area is 432 Å². The van der Waals surface area contributed by atoms with E-state index in [2.05, 4.69) is 288 Å². The minimum absolute atomic E-state index is 0.291. The number of aromatic nitrogens is 2. The molecule has 0 saturated heterocycles. The van der Waals surface area contributed by atoms with Gasteiger partial charge in [0, 0.05) is 84.1 Å². The van der Waals surface area contributed by atoms with E-state index < -0.39 is 0 Å². The fourth-order valence-electron chi connectivity index (χ4n) is 12.3. The van der Waals surface area contributed by atoms with Crippen LogP contribution in [-0.4, -0.2) is 9.13 Å². The monoisotopic (exact) mass is 950 g/mol. The lowest BCUT2D eigenvalue weighted by Crippen LogP contribution is -2.21. The minimum Gasteiger partial charge on any atom is -0.316 e. The van der Waals surface area contributed by atoms with Gasteiger partial charge in [0.05, 0.1) is 22.4 Å². The van der Waals surface area contributed by atoms with Crippen LogP contribution in [0.25, 0.3) is 78.0 Å². The molecule has 0 amide bonds. The molecule has 10 aromatic carbocycles. The molecule has 2 unspecified atom stereocenters. The number of para-hydroxylation sites is 3. The SMILES string of the molecule is CC1C=Cc2c3c(n(-c4ccccc4)c2C1)C(C)CC(N(c1ccc(-c2ccc(N(c4ccc5c(c4)c4ccccc4n5-c4ccccc4)c4cccc5ccccc45)cc2)cc1)c1cccc2ccccc12)=C3. The van der Waals surface area contributed by atoms with Gasteiger partial charge in [0.25, 0.3) is 0 Å². The molecule has 0 aliphatic heterocycles. The van der Waals surface area contributed by atoms with E-state index in [1.165, 1.54) is 94.1 Å². The topological polar surface area (TPSA) is 16.3 Å². The van der Waals surface area contributed by atoms with Gasteiger partial charge in [-0.1, -0.05) is 178 Å². The molecule has 0 radical (unpaired) electrons. The van der Waals surface area contributed by atoms with Crippen LogP contribution >= 0.6 is 0 Å². The Hall–Kier alpha value is -9.12. The molecule has 4 nitrogen and oxygen atoms in total. The summed E-state index contributed by atoms with van der Waals surface area (Å²) in [4.78, 5) is 4.96. The van der Waals surface area contributed by atoms with Crippen LogP contribution in [0, 0.1) is 5.92 Å². The van der Waals surface area contributed by atoms with Gasteiger partial charge in [0.1, 0.15) is 0 Å². The number of benzene rings is 10. The second-order valence-corrected chi connectivity index (χ2v) is 20.3. The fourth-order valence-corrected chi connectivity index (χ4v) is 12.3. The van der Waals surface area contributed by atoms with E-state index in [1.807, 2.05) is 0 Å². The molecule has 0 spiro atoms. The van der Waals surface area contributed by atoms with Crippen molar-refractivity contribution in [1.82, 2.24) is 9.13 Å². The summed E-state index contributed by atoms with van der Waals surface area (Å²) in [7, 11) is 0. The minimum atomic E-state index is 0.291. The standard InChI is InChI=1S/C70H54N4/c1-47-31-41-62-64-46-58(44-48(2)70(64)74(69(62)43-47)54-23-7-4-8-24-54)72(66-30-16-20-52-18-10-12-26-60(52)66)56-38-34-50(35-39-56)49-32-36-55(37-33-49)71(65-29-15-19-51-17-9-11-25-59(51)65)57-40-42-68-63(45-57)61-27-13-14-28-67(61)73(68)53-21-5-3-6-22-53/h3-42,45-48H,43-44H2,1-2H3. The number of hydrogen-bond donors (Lipinski definition) is 0. The van der Waals surface area contributed by atoms with Crippen LogP contribution in [0.15, 0.2) is 248 Å². The highest BCUT2D eigenvalue weighted by atomic mass is 15.2. The maximum absolute atomic E-state index is 2.58. The van der Waals surface area contributed by atoms with Gasteiger partial charge in [-0.2, -0.15) is 0 Å². The zero-order valence-corrected chi connectivity index (χ0v) is 41.6. The molecule has 2 aliphatic carbocycles. The summed E-state index contributed by atoms with van der Waals surface area (Å²) in [5, 5.41) is 7.34. The molecule has 2 atom stereocenters. The van der Waals surface area contributed by atoms with Gasteiger partial charge in [-0.3, -0.25) is 0 Å². The zero-order valence-electron chi connectivity index (χ0n) is 41.6. The lowest BCUT2D eigenvalue weighted by molar-refractivity contribution is 0.651. The summed E-state index contributed by atoms with van der Waals surface area (Å²) < 4.78 is 4.96. The van der Waals surface area contributed by atoms with Gasteiger partial charge < -0.3 is 18.9 Å². The van der Waals surface area contributed by atoms with E-state index in [9.17, 15) is 0 Å². The van der Waals surface area contributed by atoms with Gasteiger partial charge in [-0.05, 0) is 132 Å². The predicted octanol–water partition coefficient (Wildman–Crippen LogP) is 18.9. The first-order valence-electron chi connectivity index (χ1n) is 26.1. The smallest absolute Gasteiger partial charge is 0.0542 e. The second-order valence-electron chi connectivity index (χ2n) is 20.3. The average Bonchev–Trinajstić information content (AvgIpc) is 4.00. The molecule has 0 bridgehead atoms. The molecule has 2 heterocycles. The molecule has 0 N–H and O–H groups in total. The van der Waals surface area contributed by atoms with Gasteiger partial charge in [-0.15, -0.1) is 0 Å². The lowest BCUT2D eigenvalue weighted by atomic mass is 9.87.